The summed E-state index contributed by atoms with van der Waals surface area (Å²) >= 11 is 1.77. The Morgan fingerprint density at radius 1 is 1.47 bits per heavy atom. The summed E-state index contributed by atoms with van der Waals surface area (Å²) in [4.78, 5) is 9.92. The van der Waals surface area contributed by atoms with Crippen molar-refractivity contribution in [3.05, 3.63) is 28.2 Å². The van der Waals surface area contributed by atoms with E-state index in [4.69, 9.17) is 0 Å². The van der Waals surface area contributed by atoms with Crippen LogP contribution in [-0.2, 0) is 20.0 Å². The molecule has 2 rings (SSSR count). The first-order valence-corrected chi connectivity index (χ1v) is 6.53. The predicted molar refractivity (Wildman–Crippen MR) is 67.7 cm³/mol. The quantitative estimate of drug-likeness (QED) is 0.878. The summed E-state index contributed by atoms with van der Waals surface area (Å²) in [6, 6.07) is 0.247. The maximum Gasteiger partial charge on any atom is 0.140 e. The second-order valence-electron chi connectivity index (χ2n) is 3.92. The number of hydrogen-bond donors (Lipinski definition) is 1. The number of nitrogens with zero attached hydrogens (tertiary/aromatic N) is 4. The van der Waals surface area contributed by atoms with Crippen molar-refractivity contribution in [3.8, 4) is 0 Å². The van der Waals surface area contributed by atoms with Crippen LogP contribution in [0.1, 0.15) is 35.6 Å². The van der Waals surface area contributed by atoms with E-state index >= 15 is 0 Å². The average molecular weight is 251 g/mol. The molecule has 0 aliphatic rings. The highest BCUT2D eigenvalue weighted by Crippen LogP contribution is 2.20. The van der Waals surface area contributed by atoms with Gasteiger partial charge in [0, 0.05) is 18.1 Å². The molecule has 0 aliphatic heterocycles. The fourth-order valence-electron chi connectivity index (χ4n) is 1.50. The minimum atomic E-state index is 0.247. The Balaban J connectivity index is 1.93. The van der Waals surface area contributed by atoms with Crippen molar-refractivity contribution in [1.82, 2.24) is 25.1 Å². The van der Waals surface area contributed by atoms with Gasteiger partial charge in [-0.05, 0) is 13.3 Å². The Morgan fingerprint density at radius 3 is 2.88 bits per heavy atom. The summed E-state index contributed by atoms with van der Waals surface area (Å²) < 4.78 is 1.78. The Hall–Kier alpha value is -1.27. The first kappa shape index (κ1) is 12.2. The van der Waals surface area contributed by atoms with Crippen molar-refractivity contribution in [2.24, 2.45) is 7.05 Å². The van der Waals surface area contributed by atoms with Crippen molar-refractivity contribution < 1.29 is 0 Å². The molecule has 1 N–H and O–H groups in total. The van der Waals surface area contributed by atoms with Crippen LogP contribution in [0.2, 0.25) is 0 Å². The van der Waals surface area contributed by atoms with E-state index in [1.165, 1.54) is 4.88 Å². The molecule has 0 radical (unpaired) electrons. The van der Waals surface area contributed by atoms with Crippen molar-refractivity contribution in [2.75, 3.05) is 0 Å². The molecule has 0 amide bonds. The lowest BCUT2D eigenvalue weighted by molar-refractivity contribution is 0.538. The van der Waals surface area contributed by atoms with Crippen LogP contribution in [-0.4, -0.2) is 19.7 Å². The maximum atomic E-state index is 4.42. The van der Waals surface area contributed by atoms with E-state index < -0.39 is 0 Å². The summed E-state index contributed by atoms with van der Waals surface area (Å²) in [5, 5.41) is 8.57. The van der Waals surface area contributed by atoms with Gasteiger partial charge in [0.25, 0.3) is 0 Å². The molecule has 0 spiro atoms. The molecule has 2 aromatic heterocycles. The summed E-state index contributed by atoms with van der Waals surface area (Å²) in [6.07, 6.45) is 4.58. The highest BCUT2D eigenvalue weighted by atomic mass is 32.1. The first-order valence-electron chi connectivity index (χ1n) is 5.71. The van der Waals surface area contributed by atoms with E-state index in [1.807, 2.05) is 13.2 Å². The molecule has 1 atom stereocenters. The van der Waals surface area contributed by atoms with E-state index in [-0.39, 0.29) is 6.04 Å². The fraction of sp³-hybridized carbons (Fsp3) is 0.545. The van der Waals surface area contributed by atoms with Gasteiger partial charge in [0.2, 0.25) is 0 Å². The molecule has 0 aliphatic carbocycles. The molecule has 0 saturated heterocycles. The number of nitrogens with one attached hydrogen (secondary N) is 1. The van der Waals surface area contributed by atoms with Crippen LogP contribution in [0.3, 0.4) is 0 Å². The smallest absolute Gasteiger partial charge is 0.140 e. The van der Waals surface area contributed by atoms with Gasteiger partial charge in [-0.1, -0.05) is 6.92 Å². The average Bonchev–Trinajstić information content (AvgIpc) is 2.94. The van der Waals surface area contributed by atoms with E-state index in [2.05, 4.69) is 34.2 Å². The SMILES string of the molecule is CCc1cnc(C(C)NCc2ncnn2C)s1. The summed E-state index contributed by atoms with van der Waals surface area (Å²) in [7, 11) is 1.90. The predicted octanol–water partition coefficient (Wildman–Crippen LogP) is 1.68. The van der Waals surface area contributed by atoms with Gasteiger partial charge in [0.05, 0.1) is 12.6 Å². The van der Waals surface area contributed by atoms with Gasteiger partial charge in [-0.2, -0.15) is 5.10 Å². The van der Waals surface area contributed by atoms with Gasteiger partial charge < -0.3 is 5.32 Å². The summed E-state index contributed by atoms with van der Waals surface area (Å²) in [5.41, 5.74) is 0. The Kier molecular flexibility index (Phi) is 3.86. The highest BCUT2D eigenvalue weighted by Gasteiger charge is 2.10. The molecule has 0 saturated carbocycles. The molecule has 5 nitrogen and oxygen atoms in total. The first-order chi connectivity index (χ1) is 8.20. The van der Waals surface area contributed by atoms with Crippen LogP contribution in [0.5, 0.6) is 0 Å². The van der Waals surface area contributed by atoms with E-state index in [0.29, 0.717) is 6.54 Å². The van der Waals surface area contributed by atoms with Crippen LogP contribution in [0, 0.1) is 0 Å². The second-order valence-corrected chi connectivity index (χ2v) is 5.07. The molecular weight excluding hydrogens is 234 g/mol. The molecular formula is C11H17N5S. The van der Waals surface area contributed by atoms with Crippen LogP contribution in [0.4, 0.5) is 0 Å². The van der Waals surface area contributed by atoms with E-state index in [1.54, 1.807) is 22.3 Å². The van der Waals surface area contributed by atoms with E-state index in [9.17, 15) is 0 Å². The van der Waals surface area contributed by atoms with Gasteiger partial charge in [-0.25, -0.2) is 9.97 Å². The number of aryl methyl sites for hydroxylation is 2. The molecule has 1 unspecified atom stereocenters. The van der Waals surface area contributed by atoms with Crippen LogP contribution in [0.15, 0.2) is 12.5 Å². The molecule has 92 valence electrons. The molecule has 0 aromatic carbocycles. The van der Waals surface area contributed by atoms with Crippen LogP contribution in [0.25, 0.3) is 0 Å². The number of aromatic nitrogens is 4. The zero-order valence-corrected chi connectivity index (χ0v) is 11.2. The topological polar surface area (TPSA) is 55.6 Å². The number of rotatable bonds is 5. The van der Waals surface area contributed by atoms with Crippen LogP contribution < -0.4 is 5.32 Å². The Morgan fingerprint density at radius 2 is 2.29 bits per heavy atom. The van der Waals surface area contributed by atoms with Gasteiger partial charge in [0.1, 0.15) is 17.2 Å². The molecule has 0 fully saturated rings. The third-order valence-corrected chi connectivity index (χ3v) is 3.99. The van der Waals surface area contributed by atoms with Crippen molar-refractivity contribution >= 4 is 11.3 Å². The third-order valence-electron chi connectivity index (χ3n) is 2.66. The molecule has 2 heterocycles. The normalized spacial score (nSPS) is 12.9. The van der Waals surface area contributed by atoms with Gasteiger partial charge in [-0.15, -0.1) is 11.3 Å². The largest absolute Gasteiger partial charge is 0.301 e. The van der Waals surface area contributed by atoms with Crippen molar-refractivity contribution in [1.29, 1.82) is 0 Å². The molecule has 2 aromatic rings. The van der Waals surface area contributed by atoms with Crippen molar-refractivity contribution in [3.63, 3.8) is 0 Å². The summed E-state index contributed by atoms with van der Waals surface area (Å²) in [6.45, 7) is 4.97. The Labute approximate surface area is 105 Å². The zero-order valence-electron chi connectivity index (χ0n) is 10.3. The highest BCUT2D eigenvalue weighted by molar-refractivity contribution is 7.11. The van der Waals surface area contributed by atoms with Crippen molar-refractivity contribution in [2.45, 2.75) is 32.9 Å². The lowest BCUT2D eigenvalue weighted by atomic mass is 10.3. The Bertz CT molecular complexity index is 476. The second kappa shape index (κ2) is 5.37. The van der Waals surface area contributed by atoms with Gasteiger partial charge in [0.15, 0.2) is 0 Å². The lowest BCUT2D eigenvalue weighted by Gasteiger charge is -2.10. The number of hydrogen-bond acceptors (Lipinski definition) is 5. The van der Waals surface area contributed by atoms with E-state index in [0.717, 1.165) is 17.3 Å². The summed E-state index contributed by atoms with van der Waals surface area (Å²) in [5.74, 6) is 0.934. The van der Waals surface area contributed by atoms with Gasteiger partial charge in [-0.3, -0.25) is 4.68 Å². The third kappa shape index (κ3) is 2.89. The zero-order chi connectivity index (χ0) is 12.3. The standard InChI is InChI=1S/C11H17N5S/c1-4-9-5-13-11(17-9)8(2)12-6-10-14-7-15-16(10)3/h5,7-8,12H,4,6H2,1-3H3. The molecule has 17 heavy (non-hydrogen) atoms. The lowest BCUT2D eigenvalue weighted by Crippen LogP contribution is -2.20. The molecule has 6 heteroatoms. The van der Waals surface area contributed by atoms with Crippen LogP contribution >= 0.6 is 11.3 Å². The minimum Gasteiger partial charge on any atom is -0.301 e. The fourth-order valence-corrected chi connectivity index (χ4v) is 2.38. The maximum absolute atomic E-state index is 4.42. The molecule has 0 bridgehead atoms. The monoisotopic (exact) mass is 251 g/mol. The number of thiazole rings is 1. The van der Waals surface area contributed by atoms with Gasteiger partial charge >= 0.3 is 0 Å². The minimum absolute atomic E-state index is 0.247.